The van der Waals surface area contributed by atoms with Gasteiger partial charge < -0.3 is 5.32 Å². The van der Waals surface area contributed by atoms with Gasteiger partial charge in [-0.2, -0.15) is 5.26 Å². The van der Waals surface area contributed by atoms with Gasteiger partial charge in [0.1, 0.15) is 6.07 Å². The molecule has 1 aliphatic rings. The topological polar surface area (TPSA) is 48.7 Å². The van der Waals surface area contributed by atoms with Crippen LogP contribution in [0.4, 0.5) is 5.69 Å². The SMILES string of the molecule is N#Cc1cc(Br)ccc1NC1CCCc2cccnc21. The van der Waals surface area contributed by atoms with E-state index >= 15 is 0 Å². The highest BCUT2D eigenvalue weighted by Crippen LogP contribution is 2.32. The van der Waals surface area contributed by atoms with Gasteiger partial charge in [0, 0.05) is 10.7 Å². The van der Waals surface area contributed by atoms with E-state index in [-0.39, 0.29) is 6.04 Å². The molecule has 1 aromatic heterocycles. The van der Waals surface area contributed by atoms with E-state index in [0.717, 1.165) is 35.1 Å². The van der Waals surface area contributed by atoms with Gasteiger partial charge in [0.25, 0.3) is 0 Å². The van der Waals surface area contributed by atoms with E-state index in [4.69, 9.17) is 0 Å². The highest BCUT2D eigenvalue weighted by atomic mass is 79.9. The number of nitrogens with one attached hydrogen (secondary N) is 1. The number of hydrogen-bond donors (Lipinski definition) is 1. The van der Waals surface area contributed by atoms with E-state index < -0.39 is 0 Å². The van der Waals surface area contributed by atoms with Crippen LogP contribution in [0.2, 0.25) is 0 Å². The van der Waals surface area contributed by atoms with Gasteiger partial charge in [0.05, 0.1) is 23.0 Å². The fraction of sp³-hybridized carbons (Fsp3) is 0.250. The lowest BCUT2D eigenvalue weighted by molar-refractivity contribution is 0.583. The highest BCUT2D eigenvalue weighted by molar-refractivity contribution is 9.10. The lowest BCUT2D eigenvalue weighted by Gasteiger charge is -2.26. The van der Waals surface area contributed by atoms with Crippen molar-refractivity contribution in [1.82, 2.24) is 4.98 Å². The predicted molar refractivity (Wildman–Crippen MR) is 82.4 cm³/mol. The Hall–Kier alpha value is -1.86. The molecule has 1 heterocycles. The number of aryl methyl sites for hydroxylation is 1. The molecule has 100 valence electrons. The van der Waals surface area contributed by atoms with Crippen molar-refractivity contribution in [2.45, 2.75) is 25.3 Å². The van der Waals surface area contributed by atoms with Crippen LogP contribution in [0.15, 0.2) is 41.0 Å². The van der Waals surface area contributed by atoms with Crippen molar-refractivity contribution in [1.29, 1.82) is 5.26 Å². The molecule has 0 spiro atoms. The average Bonchev–Trinajstić information content (AvgIpc) is 2.49. The molecule has 0 bridgehead atoms. The van der Waals surface area contributed by atoms with E-state index in [1.165, 1.54) is 5.56 Å². The molecule has 20 heavy (non-hydrogen) atoms. The first-order valence-corrected chi connectivity index (χ1v) is 7.47. The average molecular weight is 328 g/mol. The zero-order valence-corrected chi connectivity index (χ0v) is 12.5. The number of nitriles is 1. The molecule has 0 saturated heterocycles. The lowest BCUT2D eigenvalue weighted by atomic mass is 9.91. The van der Waals surface area contributed by atoms with Crippen molar-refractivity contribution in [3.63, 3.8) is 0 Å². The van der Waals surface area contributed by atoms with Crippen LogP contribution in [0.1, 0.15) is 35.7 Å². The van der Waals surface area contributed by atoms with Crippen molar-refractivity contribution in [2.75, 3.05) is 5.32 Å². The summed E-state index contributed by atoms with van der Waals surface area (Å²) in [6.45, 7) is 0. The van der Waals surface area contributed by atoms with Gasteiger partial charge in [0.2, 0.25) is 0 Å². The number of halogens is 1. The third kappa shape index (κ3) is 2.54. The van der Waals surface area contributed by atoms with Gasteiger partial charge in [-0.05, 0) is 49.1 Å². The lowest BCUT2D eigenvalue weighted by Crippen LogP contribution is -2.19. The molecule has 3 rings (SSSR count). The molecule has 1 N–H and O–H groups in total. The Morgan fingerprint density at radius 3 is 3.10 bits per heavy atom. The van der Waals surface area contributed by atoms with Crippen LogP contribution in [-0.2, 0) is 6.42 Å². The summed E-state index contributed by atoms with van der Waals surface area (Å²) in [5, 5.41) is 12.7. The molecule has 1 aromatic carbocycles. The Bertz CT molecular complexity index is 676. The number of hydrogen-bond acceptors (Lipinski definition) is 3. The predicted octanol–water partition coefficient (Wildman–Crippen LogP) is 4.21. The monoisotopic (exact) mass is 327 g/mol. The van der Waals surface area contributed by atoms with Crippen molar-refractivity contribution in [2.24, 2.45) is 0 Å². The minimum absolute atomic E-state index is 0.188. The van der Waals surface area contributed by atoms with Gasteiger partial charge in [-0.3, -0.25) is 4.98 Å². The summed E-state index contributed by atoms with van der Waals surface area (Å²) in [5.41, 5.74) is 3.96. The van der Waals surface area contributed by atoms with Gasteiger partial charge in [-0.25, -0.2) is 0 Å². The minimum atomic E-state index is 0.188. The normalized spacial score (nSPS) is 17.1. The van der Waals surface area contributed by atoms with E-state index in [2.05, 4.69) is 38.4 Å². The van der Waals surface area contributed by atoms with E-state index in [9.17, 15) is 5.26 Å². The third-order valence-corrected chi connectivity index (χ3v) is 4.12. The van der Waals surface area contributed by atoms with Gasteiger partial charge >= 0.3 is 0 Å². The summed E-state index contributed by atoms with van der Waals surface area (Å²) < 4.78 is 0.918. The molecule has 4 heteroatoms. The van der Waals surface area contributed by atoms with E-state index in [1.54, 1.807) is 0 Å². The molecular weight excluding hydrogens is 314 g/mol. The van der Waals surface area contributed by atoms with Crippen LogP contribution in [0.25, 0.3) is 0 Å². The molecular formula is C16H14BrN3. The second-order valence-electron chi connectivity index (χ2n) is 4.94. The highest BCUT2D eigenvalue weighted by Gasteiger charge is 2.21. The van der Waals surface area contributed by atoms with Crippen LogP contribution in [0, 0.1) is 11.3 Å². The second kappa shape index (κ2) is 5.64. The molecule has 0 fully saturated rings. The van der Waals surface area contributed by atoms with E-state index in [1.807, 2.05) is 30.5 Å². The summed E-state index contributed by atoms with van der Waals surface area (Å²) in [6.07, 6.45) is 5.12. The van der Waals surface area contributed by atoms with Crippen LogP contribution < -0.4 is 5.32 Å². The number of fused-ring (bicyclic) bond motifs is 1. The first-order chi connectivity index (χ1) is 9.78. The van der Waals surface area contributed by atoms with Crippen molar-refractivity contribution < 1.29 is 0 Å². The summed E-state index contributed by atoms with van der Waals surface area (Å²) >= 11 is 3.40. The molecule has 0 aliphatic heterocycles. The molecule has 1 unspecified atom stereocenters. The molecule has 0 amide bonds. The Balaban J connectivity index is 1.92. The number of anilines is 1. The zero-order chi connectivity index (χ0) is 13.9. The van der Waals surface area contributed by atoms with Crippen molar-refractivity contribution >= 4 is 21.6 Å². The first-order valence-electron chi connectivity index (χ1n) is 6.68. The first kappa shape index (κ1) is 13.1. The summed E-state index contributed by atoms with van der Waals surface area (Å²) in [5.74, 6) is 0. The molecule has 1 atom stereocenters. The van der Waals surface area contributed by atoms with Crippen LogP contribution in [0.5, 0.6) is 0 Å². The fourth-order valence-electron chi connectivity index (χ4n) is 2.67. The Morgan fingerprint density at radius 2 is 2.25 bits per heavy atom. The Labute approximate surface area is 126 Å². The number of pyridine rings is 1. The van der Waals surface area contributed by atoms with Crippen LogP contribution in [-0.4, -0.2) is 4.98 Å². The molecule has 0 saturated carbocycles. The summed E-state index contributed by atoms with van der Waals surface area (Å²) in [7, 11) is 0. The maximum absolute atomic E-state index is 9.24. The largest absolute Gasteiger partial charge is 0.376 e. The number of rotatable bonds is 2. The number of nitrogens with zero attached hydrogens (tertiary/aromatic N) is 2. The Kier molecular flexibility index (Phi) is 3.70. The maximum atomic E-state index is 9.24. The molecule has 3 nitrogen and oxygen atoms in total. The summed E-state index contributed by atoms with van der Waals surface area (Å²) in [4.78, 5) is 4.52. The quantitative estimate of drug-likeness (QED) is 0.898. The molecule has 0 radical (unpaired) electrons. The minimum Gasteiger partial charge on any atom is -0.376 e. The van der Waals surface area contributed by atoms with Crippen molar-refractivity contribution in [3.8, 4) is 6.07 Å². The molecule has 2 aromatic rings. The standard InChI is InChI=1S/C16H14BrN3/c17-13-6-7-14(12(9-13)10-18)20-15-5-1-3-11-4-2-8-19-16(11)15/h2,4,6-9,15,20H,1,3,5H2. The summed E-state index contributed by atoms with van der Waals surface area (Å²) in [6, 6.07) is 12.3. The van der Waals surface area contributed by atoms with E-state index in [0.29, 0.717) is 5.56 Å². The second-order valence-corrected chi connectivity index (χ2v) is 5.85. The smallest absolute Gasteiger partial charge is 0.101 e. The van der Waals surface area contributed by atoms with Gasteiger partial charge in [0.15, 0.2) is 0 Å². The van der Waals surface area contributed by atoms with Crippen molar-refractivity contribution in [3.05, 3.63) is 57.8 Å². The van der Waals surface area contributed by atoms with Gasteiger partial charge in [-0.1, -0.05) is 22.0 Å². The van der Waals surface area contributed by atoms with Gasteiger partial charge in [-0.15, -0.1) is 0 Å². The Morgan fingerprint density at radius 1 is 1.35 bits per heavy atom. The third-order valence-electron chi connectivity index (χ3n) is 3.63. The number of aromatic nitrogens is 1. The number of benzene rings is 1. The van der Waals surface area contributed by atoms with Crippen LogP contribution in [0.3, 0.4) is 0 Å². The zero-order valence-electron chi connectivity index (χ0n) is 10.9. The fourth-order valence-corrected chi connectivity index (χ4v) is 3.03. The maximum Gasteiger partial charge on any atom is 0.101 e. The molecule has 1 aliphatic carbocycles. The van der Waals surface area contributed by atoms with Crippen LogP contribution >= 0.6 is 15.9 Å².